The van der Waals surface area contributed by atoms with Gasteiger partial charge in [-0.3, -0.25) is 0 Å². The third-order valence-electron chi connectivity index (χ3n) is 4.05. The molecule has 0 aromatic rings. The molecule has 15 heavy (non-hydrogen) atoms. The fourth-order valence-corrected chi connectivity index (χ4v) is 2.94. The highest BCUT2D eigenvalue weighted by Crippen LogP contribution is 2.36. The summed E-state index contributed by atoms with van der Waals surface area (Å²) in [5.74, 6) is 0. The van der Waals surface area contributed by atoms with E-state index in [1.165, 1.54) is 19.3 Å². The molecular weight excluding hydrogens is 191 g/mol. The van der Waals surface area contributed by atoms with Crippen LogP contribution in [0.15, 0.2) is 0 Å². The molecule has 0 bridgehead atoms. The van der Waals surface area contributed by atoms with E-state index in [4.69, 9.17) is 5.73 Å². The maximum Gasteiger partial charge on any atom is 0.126 e. The summed E-state index contributed by atoms with van der Waals surface area (Å²) in [5, 5.41) is 3.39. The number of hydrogen-bond acceptors (Lipinski definition) is 2. The number of hydrogen-bond donors (Lipinski definition) is 2. The fourth-order valence-electron chi connectivity index (χ4n) is 2.94. The molecule has 1 heterocycles. The molecule has 0 amide bonds. The van der Waals surface area contributed by atoms with Crippen molar-refractivity contribution >= 4 is 0 Å². The molecule has 2 rings (SSSR count). The lowest BCUT2D eigenvalue weighted by molar-refractivity contribution is 0.0523. The average Bonchev–Trinajstić information content (AvgIpc) is 2.51. The molecule has 1 saturated heterocycles. The van der Waals surface area contributed by atoms with Gasteiger partial charge in [0.1, 0.15) is 5.67 Å². The van der Waals surface area contributed by atoms with Crippen LogP contribution in [-0.2, 0) is 0 Å². The lowest BCUT2D eigenvalue weighted by Crippen LogP contribution is -2.50. The summed E-state index contributed by atoms with van der Waals surface area (Å²) in [6, 6.07) is 0.326. The van der Waals surface area contributed by atoms with E-state index in [1.54, 1.807) is 0 Å². The molecule has 1 atom stereocenters. The van der Waals surface area contributed by atoms with Crippen LogP contribution in [0.1, 0.15) is 51.4 Å². The maximum atomic E-state index is 14.7. The van der Waals surface area contributed by atoms with Gasteiger partial charge in [-0.05, 0) is 45.1 Å². The van der Waals surface area contributed by atoms with Gasteiger partial charge in [-0.15, -0.1) is 0 Å². The van der Waals surface area contributed by atoms with E-state index in [1.807, 2.05) is 0 Å². The van der Waals surface area contributed by atoms with Gasteiger partial charge in [0.05, 0.1) is 0 Å². The standard InChI is InChI=1S/C12H23FN2/c13-12(7-5-10(14)6-8-12)11-4-2-1-3-9-15-11/h10-11,15H,1-9,14H2. The molecular formula is C12H23FN2. The van der Waals surface area contributed by atoms with Crippen molar-refractivity contribution in [2.75, 3.05) is 6.54 Å². The summed E-state index contributed by atoms with van der Waals surface area (Å²) < 4.78 is 14.7. The second kappa shape index (κ2) is 4.79. The monoisotopic (exact) mass is 214 g/mol. The average molecular weight is 214 g/mol. The lowest BCUT2D eigenvalue weighted by Gasteiger charge is -2.38. The van der Waals surface area contributed by atoms with Crippen molar-refractivity contribution < 1.29 is 4.39 Å². The minimum absolute atomic E-state index is 0.0903. The van der Waals surface area contributed by atoms with Crippen LogP contribution in [0.3, 0.4) is 0 Å². The third kappa shape index (κ3) is 2.70. The smallest absolute Gasteiger partial charge is 0.126 e. The van der Waals surface area contributed by atoms with Gasteiger partial charge in [-0.1, -0.05) is 12.8 Å². The minimum atomic E-state index is -0.972. The van der Waals surface area contributed by atoms with Crippen LogP contribution in [0, 0.1) is 0 Å². The molecule has 1 aliphatic carbocycles. The van der Waals surface area contributed by atoms with Gasteiger partial charge >= 0.3 is 0 Å². The molecule has 0 radical (unpaired) electrons. The number of alkyl halides is 1. The Labute approximate surface area is 91.8 Å². The zero-order valence-electron chi connectivity index (χ0n) is 9.47. The molecule has 88 valence electrons. The Morgan fingerprint density at radius 3 is 2.53 bits per heavy atom. The largest absolute Gasteiger partial charge is 0.328 e. The topological polar surface area (TPSA) is 38.0 Å². The summed E-state index contributed by atoms with van der Waals surface area (Å²) in [5.41, 5.74) is 4.86. The normalized spacial score (nSPS) is 43.6. The van der Waals surface area contributed by atoms with Gasteiger partial charge in [-0.2, -0.15) is 0 Å². The number of nitrogens with two attached hydrogens (primary N) is 1. The molecule has 0 aromatic heterocycles. The van der Waals surface area contributed by atoms with Crippen molar-refractivity contribution in [3.05, 3.63) is 0 Å². The van der Waals surface area contributed by atoms with Crippen molar-refractivity contribution in [3.8, 4) is 0 Å². The zero-order chi connectivity index (χ0) is 10.7. The van der Waals surface area contributed by atoms with E-state index < -0.39 is 5.67 Å². The van der Waals surface area contributed by atoms with Gasteiger partial charge in [-0.25, -0.2) is 4.39 Å². The van der Waals surface area contributed by atoms with E-state index in [2.05, 4.69) is 5.32 Å². The van der Waals surface area contributed by atoms with Crippen LogP contribution in [0.5, 0.6) is 0 Å². The quantitative estimate of drug-likeness (QED) is 0.701. The summed E-state index contributed by atoms with van der Waals surface area (Å²) in [6.07, 6.45) is 7.66. The summed E-state index contributed by atoms with van der Waals surface area (Å²) in [4.78, 5) is 0. The zero-order valence-corrected chi connectivity index (χ0v) is 9.47. The van der Waals surface area contributed by atoms with Crippen LogP contribution in [0.4, 0.5) is 4.39 Å². The first kappa shape index (κ1) is 11.3. The highest BCUT2D eigenvalue weighted by atomic mass is 19.1. The van der Waals surface area contributed by atoms with Crippen LogP contribution < -0.4 is 11.1 Å². The third-order valence-corrected chi connectivity index (χ3v) is 4.05. The molecule has 2 fully saturated rings. The van der Waals surface area contributed by atoms with E-state index in [-0.39, 0.29) is 12.1 Å². The molecule has 3 N–H and O–H groups in total. The molecule has 3 heteroatoms. The Kier molecular flexibility index (Phi) is 3.62. The first-order valence-electron chi connectivity index (χ1n) is 6.39. The minimum Gasteiger partial charge on any atom is -0.328 e. The van der Waals surface area contributed by atoms with Gasteiger partial charge < -0.3 is 11.1 Å². The van der Waals surface area contributed by atoms with Crippen molar-refractivity contribution in [2.24, 2.45) is 5.73 Å². The van der Waals surface area contributed by atoms with Gasteiger partial charge in [0, 0.05) is 12.1 Å². The van der Waals surface area contributed by atoms with Crippen molar-refractivity contribution in [1.29, 1.82) is 0 Å². The summed E-state index contributed by atoms with van der Waals surface area (Å²) in [6.45, 7) is 0.988. The van der Waals surface area contributed by atoms with Crippen molar-refractivity contribution in [3.63, 3.8) is 0 Å². The number of nitrogens with one attached hydrogen (secondary N) is 1. The lowest BCUT2D eigenvalue weighted by atomic mass is 9.78. The number of rotatable bonds is 1. The molecule has 0 aromatic carbocycles. The molecule has 2 nitrogen and oxygen atoms in total. The summed E-state index contributed by atoms with van der Waals surface area (Å²) in [7, 11) is 0. The highest BCUT2D eigenvalue weighted by Gasteiger charge is 2.41. The van der Waals surface area contributed by atoms with Crippen LogP contribution in [0.25, 0.3) is 0 Å². The first-order chi connectivity index (χ1) is 7.21. The SMILES string of the molecule is NC1CCC(F)(C2CCCCCN2)CC1. The van der Waals surface area contributed by atoms with E-state index >= 15 is 0 Å². The second-order valence-corrected chi connectivity index (χ2v) is 5.23. The van der Waals surface area contributed by atoms with Gasteiger partial charge in [0.2, 0.25) is 0 Å². The summed E-state index contributed by atoms with van der Waals surface area (Å²) >= 11 is 0. The first-order valence-corrected chi connectivity index (χ1v) is 6.39. The van der Waals surface area contributed by atoms with Crippen LogP contribution >= 0.6 is 0 Å². The second-order valence-electron chi connectivity index (χ2n) is 5.23. The van der Waals surface area contributed by atoms with E-state index in [0.29, 0.717) is 12.8 Å². The Balaban J connectivity index is 1.94. The van der Waals surface area contributed by atoms with Crippen LogP contribution in [-0.4, -0.2) is 24.3 Å². The van der Waals surface area contributed by atoms with Crippen molar-refractivity contribution in [1.82, 2.24) is 5.32 Å². The fraction of sp³-hybridized carbons (Fsp3) is 1.00. The Morgan fingerprint density at radius 1 is 1.07 bits per heavy atom. The predicted octanol–water partition coefficient (Wildman–Crippen LogP) is 2.13. The molecule has 2 aliphatic rings. The predicted molar refractivity (Wildman–Crippen MR) is 60.5 cm³/mol. The molecule has 1 unspecified atom stereocenters. The number of halogens is 1. The van der Waals surface area contributed by atoms with Crippen LogP contribution in [0.2, 0.25) is 0 Å². The molecule has 0 spiro atoms. The Hall–Kier alpha value is -0.150. The van der Waals surface area contributed by atoms with Gasteiger partial charge in [0.15, 0.2) is 0 Å². The van der Waals surface area contributed by atoms with E-state index in [0.717, 1.165) is 25.8 Å². The Bertz CT molecular complexity index is 192. The highest BCUT2D eigenvalue weighted by molar-refractivity contribution is 4.97. The van der Waals surface area contributed by atoms with E-state index in [9.17, 15) is 4.39 Å². The Morgan fingerprint density at radius 2 is 1.80 bits per heavy atom. The van der Waals surface area contributed by atoms with Crippen molar-refractivity contribution in [2.45, 2.75) is 69.1 Å². The molecule has 1 aliphatic heterocycles. The van der Waals surface area contributed by atoms with Gasteiger partial charge in [0.25, 0.3) is 0 Å². The maximum absolute atomic E-state index is 14.7. The molecule has 1 saturated carbocycles.